The van der Waals surface area contributed by atoms with Gasteiger partial charge in [-0.2, -0.15) is 0 Å². The van der Waals surface area contributed by atoms with Crippen LogP contribution >= 0.6 is 11.3 Å². The van der Waals surface area contributed by atoms with Gasteiger partial charge in [0, 0.05) is 44.0 Å². The number of piperazine rings is 1. The molecule has 2 amide bonds. The summed E-state index contributed by atoms with van der Waals surface area (Å²) in [6, 6.07) is 8.70. The topological polar surface area (TPSA) is 43.9 Å². The largest absolute Gasteiger partial charge is 0.339 e. The van der Waals surface area contributed by atoms with E-state index in [1.54, 1.807) is 23.5 Å². The van der Waals surface area contributed by atoms with Crippen LogP contribution in [-0.2, 0) is 16.0 Å². The number of rotatable bonds is 5. The van der Waals surface area contributed by atoms with Crippen LogP contribution in [0.25, 0.3) is 0 Å². The van der Waals surface area contributed by atoms with Crippen molar-refractivity contribution in [3.8, 4) is 0 Å². The summed E-state index contributed by atoms with van der Waals surface area (Å²) in [7, 11) is 0. The standard InChI is InChI=1S/C23H28FN3O2S/c1-2-4-21(28)25-10-12-26(13-11-25)22(29)16-27-9-7-20-19(8-14-30-20)23(27)17-5-3-6-18(24)15-17/h3,5-6,8,14-15,23H,2,4,7,9-13,16H2,1H3/t23-/m1/s1. The summed E-state index contributed by atoms with van der Waals surface area (Å²) in [5.41, 5.74) is 2.07. The lowest BCUT2D eigenvalue weighted by Crippen LogP contribution is -2.53. The van der Waals surface area contributed by atoms with Crippen LogP contribution in [0.3, 0.4) is 0 Å². The first-order chi connectivity index (χ1) is 14.6. The van der Waals surface area contributed by atoms with E-state index in [4.69, 9.17) is 0 Å². The average molecular weight is 430 g/mol. The molecule has 1 fully saturated rings. The summed E-state index contributed by atoms with van der Waals surface area (Å²) >= 11 is 1.73. The van der Waals surface area contributed by atoms with Crippen LogP contribution in [0.1, 0.15) is 41.8 Å². The van der Waals surface area contributed by atoms with Crippen molar-refractivity contribution in [2.24, 2.45) is 0 Å². The summed E-state index contributed by atoms with van der Waals surface area (Å²) in [5, 5.41) is 2.08. The number of fused-ring (bicyclic) bond motifs is 1. The summed E-state index contributed by atoms with van der Waals surface area (Å²) in [5.74, 6) is 0.00320. The molecule has 0 saturated carbocycles. The molecule has 7 heteroatoms. The maximum Gasteiger partial charge on any atom is 0.236 e. The predicted molar refractivity (Wildman–Crippen MR) is 116 cm³/mol. The molecule has 1 saturated heterocycles. The molecule has 0 radical (unpaired) electrons. The number of benzene rings is 1. The lowest BCUT2D eigenvalue weighted by molar-refractivity contribution is -0.140. The molecule has 30 heavy (non-hydrogen) atoms. The smallest absolute Gasteiger partial charge is 0.236 e. The third-order valence-corrected chi connectivity index (χ3v) is 7.01. The Hall–Kier alpha value is -2.25. The number of amides is 2. The lowest BCUT2D eigenvalue weighted by Gasteiger charge is -2.39. The molecule has 2 aliphatic heterocycles. The van der Waals surface area contributed by atoms with Crippen molar-refractivity contribution in [3.63, 3.8) is 0 Å². The van der Waals surface area contributed by atoms with Crippen molar-refractivity contribution < 1.29 is 14.0 Å². The van der Waals surface area contributed by atoms with E-state index >= 15 is 0 Å². The molecule has 1 aromatic carbocycles. The van der Waals surface area contributed by atoms with Gasteiger partial charge in [0.1, 0.15) is 5.82 Å². The van der Waals surface area contributed by atoms with Gasteiger partial charge in [0.25, 0.3) is 0 Å². The molecule has 3 heterocycles. The molecular weight excluding hydrogens is 401 g/mol. The Bertz CT molecular complexity index is 907. The summed E-state index contributed by atoms with van der Waals surface area (Å²) in [4.78, 5) is 32.4. The van der Waals surface area contributed by atoms with Crippen molar-refractivity contribution in [1.29, 1.82) is 0 Å². The van der Waals surface area contributed by atoms with Gasteiger partial charge < -0.3 is 9.80 Å². The third kappa shape index (κ3) is 4.42. The van der Waals surface area contributed by atoms with E-state index < -0.39 is 0 Å². The molecule has 1 atom stereocenters. The van der Waals surface area contributed by atoms with E-state index in [2.05, 4.69) is 16.3 Å². The van der Waals surface area contributed by atoms with E-state index in [1.165, 1.54) is 16.5 Å². The average Bonchev–Trinajstić information content (AvgIpc) is 3.22. The van der Waals surface area contributed by atoms with Crippen LogP contribution in [-0.4, -0.2) is 65.8 Å². The molecule has 0 aliphatic carbocycles. The third-order valence-electron chi connectivity index (χ3n) is 6.02. The minimum atomic E-state index is -0.256. The number of nitrogens with zero attached hydrogens (tertiary/aromatic N) is 3. The van der Waals surface area contributed by atoms with Gasteiger partial charge in [-0.1, -0.05) is 19.1 Å². The number of hydrogen-bond acceptors (Lipinski definition) is 4. The normalized spacial score (nSPS) is 19.6. The minimum Gasteiger partial charge on any atom is -0.339 e. The summed E-state index contributed by atoms with van der Waals surface area (Å²) in [6.45, 7) is 5.45. The number of hydrogen-bond donors (Lipinski definition) is 0. The zero-order valence-electron chi connectivity index (χ0n) is 17.3. The number of thiophene rings is 1. The van der Waals surface area contributed by atoms with E-state index in [-0.39, 0.29) is 23.7 Å². The van der Waals surface area contributed by atoms with Gasteiger partial charge in [-0.25, -0.2) is 4.39 Å². The SMILES string of the molecule is CCCC(=O)N1CCN(C(=O)CN2CCc3sccc3[C@H]2c2cccc(F)c2)CC1. The van der Waals surface area contributed by atoms with Crippen molar-refractivity contribution in [1.82, 2.24) is 14.7 Å². The number of halogens is 1. The van der Waals surface area contributed by atoms with Gasteiger partial charge in [-0.3, -0.25) is 14.5 Å². The first-order valence-corrected chi connectivity index (χ1v) is 11.6. The first-order valence-electron chi connectivity index (χ1n) is 10.7. The van der Waals surface area contributed by atoms with E-state index in [0.717, 1.165) is 24.9 Å². The molecule has 0 spiro atoms. The Kier molecular flexibility index (Phi) is 6.49. The highest BCUT2D eigenvalue weighted by Gasteiger charge is 2.33. The predicted octanol–water partition coefficient (Wildman–Crippen LogP) is 3.31. The maximum atomic E-state index is 13.9. The molecule has 2 aromatic rings. The molecule has 5 nitrogen and oxygen atoms in total. The van der Waals surface area contributed by atoms with Gasteiger partial charge in [0.2, 0.25) is 11.8 Å². The Morgan fingerprint density at radius 3 is 2.50 bits per heavy atom. The van der Waals surface area contributed by atoms with Crippen LogP contribution in [0.2, 0.25) is 0 Å². The van der Waals surface area contributed by atoms with Crippen LogP contribution in [0, 0.1) is 5.82 Å². The fraction of sp³-hybridized carbons (Fsp3) is 0.478. The van der Waals surface area contributed by atoms with Crippen LogP contribution < -0.4 is 0 Å². The number of carbonyl (C=O) groups is 2. The Morgan fingerprint density at radius 1 is 1.07 bits per heavy atom. The van der Waals surface area contributed by atoms with Gasteiger partial charge in [-0.15, -0.1) is 11.3 Å². The number of carbonyl (C=O) groups excluding carboxylic acids is 2. The summed E-state index contributed by atoms with van der Waals surface area (Å²) in [6.07, 6.45) is 2.32. The minimum absolute atomic E-state index is 0.0812. The zero-order chi connectivity index (χ0) is 21.1. The molecule has 0 bridgehead atoms. The van der Waals surface area contributed by atoms with E-state index in [1.807, 2.05) is 22.8 Å². The maximum absolute atomic E-state index is 13.9. The van der Waals surface area contributed by atoms with Crippen molar-refractivity contribution in [2.75, 3.05) is 39.3 Å². The van der Waals surface area contributed by atoms with Gasteiger partial charge in [0.05, 0.1) is 12.6 Å². The van der Waals surface area contributed by atoms with Crippen LogP contribution in [0.4, 0.5) is 4.39 Å². The van der Waals surface area contributed by atoms with Crippen molar-refractivity contribution in [3.05, 3.63) is 57.5 Å². The Balaban J connectivity index is 1.45. The molecule has 4 rings (SSSR count). The zero-order valence-corrected chi connectivity index (χ0v) is 18.2. The second kappa shape index (κ2) is 9.27. The quantitative estimate of drug-likeness (QED) is 0.733. The second-order valence-corrected chi connectivity index (χ2v) is 8.99. The monoisotopic (exact) mass is 429 g/mol. The molecule has 1 aromatic heterocycles. The fourth-order valence-electron chi connectivity index (χ4n) is 4.46. The molecular formula is C23H28FN3O2S. The van der Waals surface area contributed by atoms with Crippen LogP contribution in [0.15, 0.2) is 35.7 Å². The second-order valence-electron chi connectivity index (χ2n) is 7.99. The van der Waals surface area contributed by atoms with Crippen LogP contribution in [0.5, 0.6) is 0 Å². The highest BCUT2D eigenvalue weighted by Crippen LogP contribution is 2.37. The lowest BCUT2D eigenvalue weighted by atomic mass is 9.93. The molecule has 0 N–H and O–H groups in total. The Morgan fingerprint density at radius 2 is 1.80 bits per heavy atom. The van der Waals surface area contributed by atoms with E-state index in [0.29, 0.717) is 39.1 Å². The van der Waals surface area contributed by atoms with Crippen molar-refractivity contribution >= 4 is 23.2 Å². The fourth-order valence-corrected chi connectivity index (χ4v) is 5.36. The first kappa shape index (κ1) is 21.0. The highest BCUT2D eigenvalue weighted by atomic mass is 32.1. The van der Waals surface area contributed by atoms with Gasteiger partial charge in [-0.05, 0) is 47.5 Å². The molecule has 2 aliphatic rings. The van der Waals surface area contributed by atoms with Crippen molar-refractivity contribution in [2.45, 2.75) is 32.2 Å². The Labute approximate surface area is 181 Å². The van der Waals surface area contributed by atoms with E-state index in [9.17, 15) is 14.0 Å². The molecule has 0 unspecified atom stereocenters. The summed E-state index contributed by atoms with van der Waals surface area (Å²) < 4.78 is 13.9. The van der Waals surface area contributed by atoms with Gasteiger partial charge >= 0.3 is 0 Å². The molecule has 160 valence electrons. The van der Waals surface area contributed by atoms with Gasteiger partial charge in [0.15, 0.2) is 0 Å². The highest BCUT2D eigenvalue weighted by molar-refractivity contribution is 7.10.